The van der Waals surface area contributed by atoms with Crippen LogP contribution in [0.25, 0.3) is 0 Å². The Labute approximate surface area is 81.0 Å². The lowest BCUT2D eigenvalue weighted by atomic mass is 9.95. The van der Waals surface area contributed by atoms with E-state index in [-0.39, 0.29) is 0 Å². The van der Waals surface area contributed by atoms with Gasteiger partial charge in [-0.05, 0) is 45.4 Å². The Bertz CT molecular complexity index is 169. The zero-order chi connectivity index (χ0) is 9.31. The summed E-state index contributed by atoms with van der Waals surface area (Å²) in [6, 6.07) is 0.698. The molecular formula is C11H21NO. The van der Waals surface area contributed by atoms with E-state index in [9.17, 15) is 0 Å². The minimum absolute atomic E-state index is 0.363. The van der Waals surface area contributed by atoms with Crippen LogP contribution in [0.1, 0.15) is 39.5 Å². The second-order valence-electron chi connectivity index (χ2n) is 5.03. The van der Waals surface area contributed by atoms with Crippen LogP contribution in [-0.4, -0.2) is 24.8 Å². The molecule has 2 nitrogen and oxygen atoms in total. The summed E-state index contributed by atoms with van der Waals surface area (Å²) in [7, 11) is 0. The van der Waals surface area contributed by atoms with Crippen LogP contribution < -0.4 is 5.32 Å². The third-order valence-corrected chi connectivity index (χ3v) is 3.40. The molecule has 1 aliphatic carbocycles. The predicted octanol–water partition coefficient (Wildman–Crippen LogP) is 1.94. The first-order valence-corrected chi connectivity index (χ1v) is 5.54. The molecule has 0 radical (unpaired) electrons. The summed E-state index contributed by atoms with van der Waals surface area (Å²) in [6.45, 7) is 6.58. The van der Waals surface area contributed by atoms with Crippen LogP contribution in [0.15, 0.2) is 0 Å². The fourth-order valence-electron chi connectivity index (χ4n) is 2.29. The van der Waals surface area contributed by atoms with E-state index in [1.54, 1.807) is 0 Å². The van der Waals surface area contributed by atoms with Gasteiger partial charge in [0.1, 0.15) is 0 Å². The summed E-state index contributed by atoms with van der Waals surface area (Å²) in [6.07, 6.45) is 5.22. The molecule has 0 bridgehead atoms. The van der Waals surface area contributed by atoms with Crippen molar-refractivity contribution in [2.45, 2.75) is 51.1 Å². The minimum atomic E-state index is 0.363. The SMILES string of the molecule is CC(C)(NC1CCOCC1)C1CC1. The van der Waals surface area contributed by atoms with Gasteiger partial charge < -0.3 is 10.1 Å². The van der Waals surface area contributed by atoms with Crippen molar-refractivity contribution in [3.05, 3.63) is 0 Å². The molecule has 2 aliphatic rings. The van der Waals surface area contributed by atoms with E-state index < -0.39 is 0 Å². The largest absolute Gasteiger partial charge is 0.381 e. The molecular weight excluding hydrogens is 162 g/mol. The van der Waals surface area contributed by atoms with Gasteiger partial charge in [-0.2, -0.15) is 0 Å². The molecule has 0 aromatic carbocycles. The summed E-state index contributed by atoms with van der Waals surface area (Å²) in [4.78, 5) is 0. The van der Waals surface area contributed by atoms with Crippen LogP contribution in [0, 0.1) is 5.92 Å². The lowest BCUT2D eigenvalue weighted by Crippen LogP contribution is -2.49. The molecule has 76 valence electrons. The Kier molecular flexibility index (Phi) is 2.61. The van der Waals surface area contributed by atoms with Crippen molar-refractivity contribution in [2.24, 2.45) is 5.92 Å². The molecule has 0 unspecified atom stereocenters. The van der Waals surface area contributed by atoms with Crippen molar-refractivity contribution >= 4 is 0 Å². The van der Waals surface area contributed by atoms with Crippen LogP contribution >= 0.6 is 0 Å². The van der Waals surface area contributed by atoms with Crippen molar-refractivity contribution in [3.8, 4) is 0 Å². The van der Waals surface area contributed by atoms with Gasteiger partial charge in [0, 0.05) is 24.8 Å². The highest BCUT2D eigenvalue weighted by Gasteiger charge is 2.38. The highest BCUT2D eigenvalue weighted by atomic mass is 16.5. The highest BCUT2D eigenvalue weighted by Crippen LogP contribution is 2.39. The lowest BCUT2D eigenvalue weighted by Gasteiger charge is -2.34. The molecule has 0 amide bonds. The first-order valence-electron chi connectivity index (χ1n) is 5.54. The Morgan fingerprint density at radius 3 is 2.23 bits per heavy atom. The molecule has 2 rings (SSSR count). The topological polar surface area (TPSA) is 21.3 Å². The van der Waals surface area contributed by atoms with Crippen molar-refractivity contribution in [1.82, 2.24) is 5.32 Å². The summed E-state index contributed by atoms with van der Waals surface area (Å²) >= 11 is 0. The monoisotopic (exact) mass is 183 g/mol. The number of hydrogen-bond donors (Lipinski definition) is 1. The summed E-state index contributed by atoms with van der Waals surface area (Å²) in [5.74, 6) is 0.926. The third-order valence-electron chi connectivity index (χ3n) is 3.40. The van der Waals surface area contributed by atoms with Gasteiger partial charge in [0.15, 0.2) is 0 Å². The van der Waals surface area contributed by atoms with Gasteiger partial charge in [0.2, 0.25) is 0 Å². The smallest absolute Gasteiger partial charge is 0.0480 e. The Hall–Kier alpha value is -0.0800. The van der Waals surface area contributed by atoms with Crippen LogP contribution in [0.3, 0.4) is 0 Å². The van der Waals surface area contributed by atoms with E-state index in [0.717, 1.165) is 19.1 Å². The summed E-state index contributed by atoms with van der Waals surface area (Å²) < 4.78 is 5.35. The molecule has 1 N–H and O–H groups in total. The van der Waals surface area contributed by atoms with E-state index in [4.69, 9.17) is 4.74 Å². The second kappa shape index (κ2) is 3.58. The normalized spacial score (nSPS) is 26.3. The zero-order valence-electron chi connectivity index (χ0n) is 8.81. The Balaban J connectivity index is 1.80. The van der Waals surface area contributed by atoms with Crippen molar-refractivity contribution < 1.29 is 4.74 Å². The van der Waals surface area contributed by atoms with E-state index in [1.807, 2.05) is 0 Å². The van der Waals surface area contributed by atoms with Gasteiger partial charge in [0.05, 0.1) is 0 Å². The predicted molar refractivity (Wildman–Crippen MR) is 53.8 cm³/mol. The third kappa shape index (κ3) is 2.44. The molecule has 2 heteroatoms. The van der Waals surface area contributed by atoms with Crippen LogP contribution in [-0.2, 0) is 4.74 Å². The summed E-state index contributed by atoms with van der Waals surface area (Å²) in [5.41, 5.74) is 0.363. The molecule has 0 spiro atoms. The van der Waals surface area contributed by atoms with E-state index in [1.165, 1.54) is 25.7 Å². The Morgan fingerprint density at radius 1 is 1.08 bits per heavy atom. The standard InChI is InChI=1S/C11H21NO/c1-11(2,9-3-4-9)12-10-5-7-13-8-6-10/h9-10,12H,3-8H2,1-2H3. The van der Waals surface area contributed by atoms with E-state index in [2.05, 4.69) is 19.2 Å². The van der Waals surface area contributed by atoms with Gasteiger partial charge in [0.25, 0.3) is 0 Å². The molecule has 0 aromatic heterocycles. The number of nitrogens with one attached hydrogen (secondary N) is 1. The van der Waals surface area contributed by atoms with Crippen molar-refractivity contribution in [1.29, 1.82) is 0 Å². The number of ether oxygens (including phenoxy) is 1. The van der Waals surface area contributed by atoms with Gasteiger partial charge >= 0.3 is 0 Å². The lowest BCUT2D eigenvalue weighted by molar-refractivity contribution is 0.0684. The van der Waals surface area contributed by atoms with Crippen LogP contribution in [0.5, 0.6) is 0 Å². The fourth-order valence-corrected chi connectivity index (χ4v) is 2.29. The molecule has 0 atom stereocenters. The average Bonchev–Trinajstić information content (AvgIpc) is 2.87. The quantitative estimate of drug-likeness (QED) is 0.722. The Morgan fingerprint density at radius 2 is 1.69 bits per heavy atom. The maximum Gasteiger partial charge on any atom is 0.0480 e. The van der Waals surface area contributed by atoms with Gasteiger partial charge in [-0.1, -0.05) is 0 Å². The zero-order valence-corrected chi connectivity index (χ0v) is 8.81. The maximum atomic E-state index is 5.35. The summed E-state index contributed by atoms with van der Waals surface area (Å²) in [5, 5.41) is 3.78. The molecule has 1 aliphatic heterocycles. The second-order valence-corrected chi connectivity index (χ2v) is 5.03. The van der Waals surface area contributed by atoms with Gasteiger partial charge in [-0.15, -0.1) is 0 Å². The van der Waals surface area contributed by atoms with Crippen LogP contribution in [0.4, 0.5) is 0 Å². The molecule has 13 heavy (non-hydrogen) atoms. The molecule has 1 saturated heterocycles. The van der Waals surface area contributed by atoms with Crippen molar-refractivity contribution in [3.63, 3.8) is 0 Å². The average molecular weight is 183 g/mol. The minimum Gasteiger partial charge on any atom is -0.381 e. The van der Waals surface area contributed by atoms with Crippen molar-refractivity contribution in [2.75, 3.05) is 13.2 Å². The van der Waals surface area contributed by atoms with E-state index >= 15 is 0 Å². The molecule has 1 saturated carbocycles. The number of hydrogen-bond acceptors (Lipinski definition) is 2. The van der Waals surface area contributed by atoms with Gasteiger partial charge in [-0.3, -0.25) is 0 Å². The molecule has 1 heterocycles. The first kappa shape index (κ1) is 9.47. The number of rotatable bonds is 3. The molecule has 2 fully saturated rings. The highest BCUT2D eigenvalue weighted by molar-refractivity contribution is 4.96. The molecule has 0 aromatic rings. The maximum absolute atomic E-state index is 5.35. The van der Waals surface area contributed by atoms with Crippen LogP contribution in [0.2, 0.25) is 0 Å². The van der Waals surface area contributed by atoms with Gasteiger partial charge in [-0.25, -0.2) is 0 Å². The fraction of sp³-hybridized carbons (Fsp3) is 1.00. The first-order chi connectivity index (χ1) is 6.18. The van der Waals surface area contributed by atoms with E-state index in [0.29, 0.717) is 11.6 Å².